The minimum atomic E-state index is -3.44. The Morgan fingerprint density at radius 3 is 2.65 bits per heavy atom. The largest absolute Gasteiger partial charge is 0.339 e. The van der Waals surface area contributed by atoms with Crippen LogP contribution in [-0.4, -0.2) is 31.1 Å². The summed E-state index contributed by atoms with van der Waals surface area (Å²) >= 11 is 0. The average molecular weight is 260 g/mol. The van der Waals surface area contributed by atoms with Crippen LogP contribution in [0.2, 0.25) is 0 Å². The van der Waals surface area contributed by atoms with Gasteiger partial charge in [-0.3, -0.25) is 0 Å². The van der Waals surface area contributed by atoms with E-state index in [1.165, 1.54) is 12.5 Å². The molecule has 0 aliphatic heterocycles. The van der Waals surface area contributed by atoms with E-state index in [4.69, 9.17) is 5.73 Å². The lowest BCUT2D eigenvalue weighted by molar-refractivity contribution is 0.569. The molecule has 0 spiro atoms. The molecule has 1 heterocycles. The summed E-state index contributed by atoms with van der Waals surface area (Å²) < 4.78 is 27.6. The molecule has 1 rings (SSSR count). The summed E-state index contributed by atoms with van der Waals surface area (Å²) in [5.74, 6) is 0. The minimum absolute atomic E-state index is 0.0713. The van der Waals surface area contributed by atoms with Crippen LogP contribution >= 0.6 is 0 Å². The van der Waals surface area contributed by atoms with Crippen molar-refractivity contribution in [1.82, 2.24) is 14.3 Å². The van der Waals surface area contributed by atoms with Gasteiger partial charge in [-0.2, -0.15) is 0 Å². The highest BCUT2D eigenvalue weighted by Gasteiger charge is 2.15. The first-order valence-electron chi connectivity index (χ1n) is 5.74. The molecule has 17 heavy (non-hydrogen) atoms. The SMILES string of the molecule is Cn1cnc(S(=O)(=O)NCCCCCCN)c1. The minimum Gasteiger partial charge on any atom is -0.339 e. The molecule has 0 bridgehead atoms. The highest BCUT2D eigenvalue weighted by molar-refractivity contribution is 7.89. The number of nitrogens with two attached hydrogens (primary N) is 1. The van der Waals surface area contributed by atoms with E-state index >= 15 is 0 Å². The molecule has 3 N–H and O–H groups in total. The Hall–Kier alpha value is -0.920. The average Bonchev–Trinajstić information content (AvgIpc) is 2.71. The normalized spacial score (nSPS) is 11.9. The van der Waals surface area contributed by atoms with Crippen molar-refractivity contribution >= 4 is 10.0 Å². The molecule has 0 radical (unpaired) electrons. The number of hydrogen-bond acceptors (Lipinski definition) is 4. The van der Waals surface area contributed by atoms with Gasteiger partial charge in [0.05, 0.1) is 6.33 Å². The van der Waals surface area contributed by atoms with Gasteiger partial charge in [-0.1, -0.05) is 12.8 Å². The Kier molecular flexibility index (Phi) is 5.60. The summed E-state index contributed by atoms with van der Waals surface area (Å²) in [5.41, 5.74) is 5.37. The van der Waals surface area contributed by atoms with E-state index in [2.05, 4.69) is 9.71 Å². The first kappa shape index (κ1) is 14.1. The number of aromatic nitrogens is 2. The Morgan fingerprint density at radius 2 is 2.06 bits per heavy atom. The first-order valence-corrected chi connectivity index (χ1v) is 7.22. The Labute approximate surface area is 102 Å². The third-order valence-corrected chi connectivity index (χ3v) is 3.73. The monoisotopic (exact) mass is 260 g/mol. The maximum absolute atomic E-state index is 11.7. The third-order valence-electron chi connectivity index (χ3n) is 2.38. The van der Waals surface area contributed by atoms with Gasteiger partial charge in [-0.15, -0.1) is 0 Å². The van der Waals surface area contributed by atoms with Crippen molar-refractivity contribution in [2.24, 2.45) is 12.8 Å². The Bertz CT molecular complexity index is 427. The topological polar surface area (TPSA) is 90.0 Å². The fourth-order valence-corrected chi connectivity index (χ4v) is 2.48. The molecule has 0 saturated carbocycles. The summed E-state index contributed by atoms with van der Waals surface area (Å²) in [7, 11) is -1.70. The second kappa shape index (κ2) is 6.73. The van der Waals surface area contributed by atoms with Crippen LogP contribution in [0, 0.1) is 0 Å². The van der Waals surface area contributed by atoms with Crippen molar-refractivity contribution in [3.05, 3.63) is 12.5 Å². The molecular formula is C10H20N4O2S. The maximum atomic E-state index is 11.7. The molecule has 6 nitrogen and oxygen atoms in total. The van der Waals surface area contributed by atoms with E-state index < -0.39 is 10.0 Å². The lowest BCUT2D eigenvalue weighted by Crippen LogP contribution is -2.25. The van der Waals surface area contributed by atoms with Gasteiger partial charge in [0, 0.05) is 19.8 Å². The molecule has 0 aliphatic rings. The predicted octanol–water partition coefficient (Wildman–Crippen LogP) is 0.218. The number of aryl methyl sites for hydroxylation is 1. The summed E-state index contributed by atoms with van der Waals surface area (Å²) in [6.07, 6.45) is 6.80. The number of nitrogens with zero attached hydrogens (tertiary/aromatic N) is 2. The predicted molar refractivity (Wildman–Crippen MR) is 65.9 cm³/mol. The Morgan fingerprint density at radius 1 is 1.35 bits per heavy atom. The molecule has 0 saturated heterocycles. The maximum Gasteiger partial charge on any atom is 0.259 e. The van der Waals surface area contributed by atoms with Crippen LogP contribution in [0.5, 0.6) is 0 Å². The van der Waals surface area contributed by atoms with Gasteiger partial charge in [-0.05, 0) is 19.4 Å². The van der Waals surface area contributed by atoms with E-state index in [-0.39, 0.29) is 5.03 Å². The van der Waals surface area contributed by atoms with Crippen LogP contribution in [0.3, 0.4) is 0 Å². The zero-order valence-electron chi connectivity index (χ0n) is 10.1. The van der Waals surface area contributed by atoms with Crippen LogP contribution in [0.4, 0.5) is 0 Å². The van der Waals surface area contributed by atoms with Gasteiger partial charge in [0.1, 0.15) is 0 Å². The van der Waals surface area contributed by atoms with E-state index in [0.717, 1.165) is 25.7 Å². The quantitative estimate of drug-likeness (QED) is 0.654. The van der Waals surface area contributed by atoms with Crippen molar-refractivity contribution < 1.29 is 8.42 Å². The number of sulfonamides is 1. The smallest absolute Gasteiger partial charge is 0.259 e. The van der Waals surface area contributed by atoms with Crippen LogP contribution in [0.1, 0.15) is 25.7 Å². The number of unbranched alkanes of at least 4 members (excludes halogenated alkanes) is 3. The molecule has 0 atom stereocenters. The van der Waals surface area contributed by atoms with Gasteiger partial charge < -0.3 is 10.3 Å². The fourth-order valence-electron chi connectivity index (χ4n) is 1.43. The number of imidazole rings is 1. The van der Waals surface area contributed by atoms with E-state index in [9.17, 15) is 8.42 Å². The van der Waals surface area contributed by atoms with Crippen LogP contribution in [-0.2, 0) is 17.1 Å². The van der Waals surface area contributed by atoms with Crippen molar-refractivity contribution in [3.8, 4) is 0 Å². The summed E-state index contributed by atoms with van der Waals surface area (Å²) in [6.45, 7) is 1.14. The highest BCUT2D eigenvalue weighted by atomic mass is 32.2. The third kappa shape index (κ3) is 4.84. The van der Waals surface area contributed by atoms with E-state index in [0.29, 0.717) is 13.1 Å². The summed E-state index contributed by atoms with van der Waals surface area (Å²) in [6, 6.07) is 0. The van der Waals surface area contributed by atoms with Crippen molar-refractivity contribution in [2.45, 2.75) is 30.7 Å². The molecule has 0 aliphatic carbocycles. The molecule has 0 unspecified atom stereocenters. The van der Waals surface area contributed by atoms with Gasteiger partial charge in [0.2, 0.25) is 0 Å². The van der Waals surface area contributed by atoms with Crippen LogP contribution in [0.25, 0.3) is 0 Å². The summed E-state index contributed by atoms with van der Waals surface area (Å²) in [5, 5.41) is 0.0713. The van der Waals surface area contributed by atoms with E-state index in [1.54, 1.807) is 11.6 Å². The lowest BCUT2D eigenvalue weighted by Gasteiger charge is -2.03. The molecule has 7 heteroatoms. The molecule has 0 fully saturated rings. The molecule has 0 amide bonds. The van der Waals surface area contributed by atoms with Gasteiger partial charge in [-0.25, -0.2) is 18.1 Å². The standard InChI is InChI=1S/C10H20N4O2S/c1-14-8-10(12-9-14)17(15,16)13-7-5-3-2-4-6-11/h8-9,13H,2-7,11H2,1H3. The van der Waals surface area contributed by atoms with Crippen LogP contribution < -0.4 is 10.5 Å². The van der Waals surface area contributed by atoms with Gasteiger partial charge >= 0.3 is 0 Å². The van der Waals surface area contributed by atoms with Crippen molar-refractivity contribution in [2.75, 3.05) is 13.1 Å². The van der Waals surface area contributed by atoms with Crippen molar-refractivity contribution in [1.29, 1.82) is 0 Å². The number of rotatable bonds is 8. The fraction of sp³-hybridized carbons (Fsp3) is 0.700. The summed E-state index contributed by atoms with van der Waals surface area (Å²) in [4.78, 5) is 3.81. The number of nitrogens with one attached hydrogen (secondary N) is 1. The molecule has 98 valence electrons. The zero-order chi connectivity index (χ0) is 12.7. The van der Waals surface area contributed by atoms with Crippen LogP contribution in [0.15, 0.2) is 17.6 Å². The zero-order valence-corrected chi connectivity index (χ0v) is 10.9. The lowest BCUT2D eigenvalue weighted by atomic mass is 10.2. The Balaban J connectivity index is 2.31. The second-order valence-corrected chi connectivity index (χ2v) is 5.69. The van der Waals surface area contributed by atoms with E-state index in [1.807, 2.05) is 0 Å². The first-order chi connectivity index (χ1) is 8.06. The van der Waals surface area contributed by atoms with Crippen molar-refractivity contribution in [3.63, 3.8) is 0 Å². The molecule has 1 aromatic rings. The number of hydrogen-bond donors (Lipinski definition) is 2. The molecule has 1 aromatic heterocycles. The van der Waals surface area contributed by atoms with Gasteiger partial charge in [0.25, 0.3) is 10.0 Å². The van der Waals surface area contributed by atoms with Gasteiger partial charge in [0.15, 0.2) is 5.03 Å². The highest BCUT2D eigenvalue weighted by Crippen LogP contribution is 2.04. The molecule has 0 aromatic carbocycles. The second-order valence-electron chi connectivity index (χ2n) is 3.98. The molecular weight excluding hydrogens is 240 g/mol.